The molecule has 0 heterocycles. The third-order valence-corrected chi connectivity index (χ3v) is 17.9. The van der Waals surface area contributed by atoms with E-state index >= 15 is 0 Å². The van der Waals surface area contributed by atoms with Gasteiger partial charge >= 0.3 is 18.1 Å². The fourth-order valence-electron chi connectivity index (χ4n) is 2.63. The molecule has 0 aromatic heterocycles. The molecule has 0 saturated carbocycles. The average molecular weight is 559 g/mol. The second kappa shape index (κ2) is 15.1. The quantitative estimate of drug-likeness (QED) is 0.119. The van der Waals surface area contributed by atoms with E-state index in [2.05, 4.69) is 79.7 Å². The molecule has 0 spiro atoms. The van der Waals surface area contributed by atoms with E-state index in [0.717, 1.165) is 38.5 Å². The van der Waals surface area contributed by atoms with Crippen LogP contribution in [0.5, 0.6) is 0 Å². The molecule has 0 saturated heterocycles. The van der Waals surface area contributed by atoms with Gasteiger partial charge in [0.2, 0.25) is 0 Å². The minimum Gasteiger partial charge on any atom is -0.395 e. The molecule has 0 unspecified atom stereocenters. The molecule has 0 radical (unpaired) electrons. The normalized spacial score (nSPS) is 14.2. The minimum atomic E-state index is -3.63. The van der Waals surface area contributed by atoms with Gasteiger partial charge in [-0.1, -0.05) is 40.0 Å². The molecule has 0 aliphatic carbocycles. The lowest BCUT2D eigenvalue weighted by molar-refractivity contribution is -0.0154. The Morgan fingerprint density at radius 1 is 0.394 bits per heavy atom. The minimum absolute atomic E-state index is 0.513. The Morgan fingerprint density at radius 3 is 0.939 bits per heavy atom. The molecular formula is C21H54O7Si5. The van der Waals surface area contributed by atoms with Crippen molar-refractivity contribution in [2.24, 2.45) is 0 Å². The summed E-state index contributed by atoms with van der Waals surface area (Å²) >= 11 is 0. The maximum Gasteiger partial charge on any atom is 0.663 e. The first-order valence-corrected chi connectivity index (χ1v) is 26.2. The zero-order valence-corrected chi connectivity index (χ0v) is 28.7. The summed E-state index contributed by atoms with van der Waals surface area (Å²) < 4.78 is 46.2. The molecule has 12 heteroatoms. The van der Waals surface area contributed by atoms with Gasteiger partial charge in [0, 0.05) is 19.8 Å². The van der Waals surface area contributed by atoms with Gasteiger partial charge in [-0.25, -0.2) is 0 Å². The summed E-state index contributed by atoms with van der Waals surface area (Å²) in [6.45, 7) is 27.1. The molecule has 0 bridgehead atoms. The third kappa shape index (κ3) is 17.0. The average Bonchev–Trinajstić information content (AvgIpc) is 2.58. The van der Waals surface area contributed by atoms with Crippen LogP contribution >= 0.6 is 0 Å². The van der Waals surface area contributed by atoms with Gasteiger partial charge in [-0.3, -0.25) is 0 Å². The maximum atomic E-state index is 6.84. The highest BCUT2D eigenvalue weighted by Gasteiger charge is 2.62. The zero-order chi connectivity index (χ0) is 25.8. The van der Waals surface area contributed by atoms with Crippen LogP contribution in [0.1, 0.15) is 59.3 Å². The summed E-state index contributed by atoms with van der Waals surface area (Å²) in [4.78, 5) is 0. The molecule has 0 aromatic rings. The van der Waals surface area contributed by atoms with Crippen LogP contribution in [0, 0.1) is 0 Å². The van der Waals surface area contributed by atoms with Crippen molar-refractivity contribution in [3.63, 3.8) is 0 Å². The van der Waals surface area contributed by atoms with Gasteiger partial charge in [0.1, 0.15) is 0 Å². The highest BCUT2D eigenvalue weighted by molar-refractivity contribution is 6.87. The van der Waals surface area contributed by atoms with Crippen LogP contribution in [-0.4, -0.2) is 62.9 Å². The van der Waals surface area contributed by atoms with Crippen molar-refractivity contribution < 1.29 is 29.7 Å². The van der Waals surface area contributed by atoms with Crippen LogP contribution < -0.4 is 0 Å². The maximum absolute atomic E-state index is 6.84. The van der Waals surface area contributed by atoms with Gasteiger partial charge in [-0.05, 0) is 78.2 Å². The van der Waals surface area contributed by atoms with Gasteiger partial charge in [0.05, 0.1) is 0 Å². The number of unbranched alkanes of at least 4 members (excludes halogenated alkanes) is 3. The largest absolute Gasteiger partial charge is 0.663 e. The van der Waals surface area contributed by atoms with Crippen LogP contribution in [-0.2, 0) is 29.7 Å². The fraction of sp³-hybridized carbons (Fsp3) is 1.00. The van der Waals surface area contributed by atoms with Gasteiger partial charge in [0.25, 0.3) is 0 Å². The second-order valence-electron chi connectivity index (χ2n) is 11.4. The standard InChI is InChI=1S/C21H54O7Si5/c1-13-16-19-22-32(23-20-17-14-2,25-29(4,5)6)28-33(24-21-18-15-3,26-30(7,8)9)27-31(10,11)12/h13-21H2,1-12H3. The molecule has 0 aromatic carbocycles. The monoisotopic (exact) mass is 558 g/mol. The molecule has 0 fully saturated rings. The van der Waals surface area contributed by atoms with Crippen molar-refractivity contribution in [3.8, 4) is 0 Å². The van der Waals surface area contributed by atoms with Crippen LogP contribution in [0.2, 0.25) is 58.9 Å². The number of rotatable bonds is 20. The van der Waals surface area contributed by atoms with E-state index in [0.29, 0.717) is 19.8 Å². The Balaban J connectivity index is 6.45. The van der Waals surface area contributed by atoms with Gasteiger partial charge in [-0.2, -0.15) is 0 Å². The van der Waals surface area contributed by atoms with Crippen molar-refractivity contribution in [2.45, 2.75) is 118 Å². The van der Waals surface area contributed by atoms with E-state index < -0.39 is 43.0 Å². The highest BCUT2D eigenvalue weighted by Crippen LogP contribution is 2.30. The molecule has 200 valence electrons. The summed E-state index contributed by atoms with van der Waals surface area (Å²) in [5, 5.41) is 0. The Kier molecular flexibility index (Phi) is 15.5. The van der Waals surface area contributed by atoms with Crippen LogP contribution in [0.15, 0.2) is 0 Å². The van der Waals surface area contributed by atoms with E-state index in [1.807, 2.05) is 0 Å². The SMILES string of the molecule is CCCCO[Si](OCCCC)(O[Si](C)(C)C)O[Si](OCCCC)(O[Si](C)(C)C)O[Si](C)(C)C. The van der Waals surface area contributed by atoms with Crippen molar-refractivity contribution in [1.82, 2.24) is 0 Å². The summed E-state index contributed by atoms with van der Waals surface area (Å²) in [7, 11) is -13.6. The Morgan fingerprint density at radius 2 is 0.667 bits per heavy atom. The molecule has 0 N–H and O–H groups in total. The van der Waals surface area contributed by atoms with E-state index in [1.165, 1.54) is 0 Å². The lowest BCUT2D eigenvalue weighted by Crippen LogP contribution is -2.68. The van der Waals surface area contributed by atoms with E-state index in [-0.39, 0.29) is 0 Å². The van der Waals surface area contributed by atoms with Crippen molar-refractivity contribution >= 4 is 43.0 Å². The van der Waals surface area contributed by atoms with Crippen molar-refractivity contribution in [1.29, 1.82) is 0 Å². The summed E-state index contributed by atoms with van der Waals surface area (Å²) in [5.74, 6) is 0. The summed E-state index contributed by atoms with van der Waals surface area (Å²) in [5.41, 5.74) is 0. The predicted octanol–water partition coefficient (Wildman–Crippen LogP) is 6.88. The van der Waals surface area contributed by atoms with Crippen LogP contribution in [0.3, 0.4) is 0 Å². The zero-order valence-electron chi connectivity index (χ0n) is 23.7. The number of hydrogen-bond donors (Lipinski definition) is 0. The lowest BCUT2D eigenvalue weighted by Gasteiger charge is -2.42. The summed E-state index contributed by atoms with van der Waals surface area (Å²) in [6.07, 6.45) is 5.74. The molecule has 7 nitrogen and oxygen atoms in total. The van der Waals surface area contributed by atoms with Crippen molar-refractivity contribution in [2.75, 3.05) is 19.8 Å². The van der Waals surface area contributed by atoms with E-state index in [1.54, 1.807) is 0 Å². The molecular weight excluding hydrogens is 505 g/mol. The topological polar surface area (TPSA) is 64.6 Å². The Hall–Kier alpha value is 0.804. The van der Waals surface area contributed by atoms with Crippen LogP contribution in [0.25, 0.3) is 0 Å². The first-order chi connectivity index (χ1) is 15.0. The van der Waals surface area contributed by atoms with Gasteiger partial charge < -0.3 is 29.7 Å². The lowest BCUT2D eigenvalue weighted by atomic mass is 10.4. The highest BCUT2D eigenvalue weighted by atomic mass is 28.5. The van der Waals surface area contributed by atoms with Gasteiger partial charge in [-0.15, -0.1) is 0 Å². The first-order valence-electron chi connectivity index (χ1n) is 12.7. The predicted molar refractivity (Wildman–Crippen MR) is 148 cm³/mol. The van der Waals surface area contributed by atoms with E-state index in [9.17, 15) is 0 Å². The second-order valence-corrected chi connectivity index (χ2v) is 30.2. The number of hydrogen-bond acceptors (Lipinski definition) is 7. The van der Waals surface area contributed by atoms with Gasteiger partial charge in [0.15, 0.2) is 25.0 Å². The first kappa shape index (κ1) is 33.8. The van der Waals surface area contributed by atoms with E-state index in [4.69, 9.17) is 29.7 Å². The Labute approximate surface area is 210 Å². The van der Waals surface area contributed by atoms with Crippen molar-refractivity contribution in [3.05, 3.63) is 0 Å². The third-order valence-electron chi connectivity index (χ3n) is 3.87. The molecule has 0 rings (SSSR count). The fourth-order valence-corrected chi connectivity index (χ4v) is 17.9. The summed E-state index contributed by atoms with van der Waals surface area (Å²) in [6, 6.07) is 0. The van der Waals surface area contributed by atoms with Crippen LogP contribution in [0.4, 0.5) is 0 Å². The molecule has 0 amide bonds. The Bertz CT molecular complexity index is 493. The smallest absolute Gasteiger partial charge is 0.395 e. The molecule has 0 atom stereocenters. The molecule has 0 aliphatic rings. The molecule has 33 heavy (non-hydrogen) atoms. The molecule has 0 aliphatic heterocycles.